The van der Waals surface area contributed by atoms with Gasteiger partial charge in [-0.05, 0) is 36.4 Å². The number of carbonyl (C=O) groups is 1. The van der Waals surface area contributed by atoms with Crippen molar-refractivity contribution in [2.75, 3.05) is 12.4 Å². The third-order valence-electron chi connectivity index (χ3n) is 4.37. The fourth-order valence-electron chi connectivity index (χ4n) is 3.01. The van der Waals surface area contributed by atoms with Gasteiger partial charge in [0.1, 0.15) is 5.75 Å². The van der Waals surface area contributed by atoms with Crippen LogP contribution in [0, 0.1) is 0 Å². The molecule has 4 nitrogen and oxygen atoms in total. The normalized spacial score (nSPS) is 10.6. The molecule has 0 radical (unpaired) electrons. The summed E-state index contributed by atoms with van der Waals surface area (Å²) in [6.45, 7) is 0. The van der Waals surface area contributed by atoms with Gasteiger partial charge in [-0.15, -0.1) is 0 Å². The van der Waals surface area contributed by atoms with Crippen LogP contribution in [-0.4, -0.2) is 18.0 Å². The molecular formula is C23H18N2O2. The first-order valence-corrected chi connectivity index (χ1v) is 8.65. The monoisotopic (exact) mass is 354 g/mol. The minimum atomic E-state index is -0.212. The molecule has 132 valence electrons. The van der Waals surface area contributed by atoms with E-state index in [9.17, 15) is 4.79 Å². The number of benzene rings is 3. The van der Waals surface area contributed by atoms with Crippen LogP contribution in [0.2, 0.25) is 0 Å². The highest BCUT2D eigenvalue weighted by atomic mass is 16.5. The van der Waals surface area contributed by atoms with Crippen LogP contribution in [0.3, 0.4) is 0 Å². The highest BCUT2D eigenvalue weighted by molar-refractivity contribution is 6.06. The zero-order valence-corrected chi connectivity index (χ0v) is 14.8. The predicted molar refractivity (Wildman–Crippen MR) is 108 cm³/mol. The number of amides is 1. The van der Waals surface area contributed by atoms with Gasteiger partial charge in [0.2, 0.25) is 0 Å². The van der Waals surface area contributed by atoms with Crippen LogP contribution in [0.5, 0.6) is 5.75 Å². The quantitative estimate of drug-likeness (QED) is 0.550. The molecule has 1 heterocycles. The largest absolute Gasteiger partial charge is 0.496 e. The molecule has 0 saturated heterocycles. The van der Waals surface area contributed by atoms with Crippen molar-refractivity contribution >= 4 is 22.5 Å². The fourth-order valence-corrected chi connectivity index (χ4v) is 3.01. The predicted octanol–water partition coefficient (Wildman–Crippen LogP) is 5.16. The van der Waals surface area contributed by atoms with Gasteiger partial charge in [0.05, 0.1) is 23.9 Å². The average Bonchev–Trinajstić information content (AvgIpc) is 2.73. The molecule has 0 spiro atoms. The Morgan fingerprint density at radius 1 is 0.889 bits per heavy atom. The lowest BCUT2D eigenvalue weighted by molar-refractivity contribution is 0.102. The molecule has 0 aliphatic heterocycles. The van der Waals surface area contributed by atoms with E-state index in [0.717, 1.165) is 22.2 Å². The zero-order valence-electron chi connectivity index (χ0n) is 14.8. The van der Waals surface area contributed by atoms with Crippen molar-refractivity contribution in [3.8, 4) is 17.0 Å². The average molecular weight is 354 g/mol. The molecule has 0 unspecified atom stereocenters. The Labute approximate surface area is 157 Å². The SMILES string of the molecule is COc1ccccc1C(=O)Nc1cccc(-c2ccc3ccccc3n2)c1. The maximum absolute atomic E-state index is 12.6. The van der Waals surface area contributed by atoms with E-state index in [2.05, 4.69) is 11.4 Å². The molecule has 1 N–H and O–H groups in total. The van der Waals surface area contributed by atoms with Gasteiger partial charge >= 0.3 is 0 Å². The van der Waals surface area contributed by atoms with Gasteiger partial charge in [0, 0.05) is 16.6 Å². The first-order chi connectivity index (χ1) is 13.2. The molecule has 0 fully saturated rings. The van der Waals surface area contributed by atoms with Crippen LogP contribution < -0.4 is 10.1 Å². The zero-order chi connectivity index (χ0) is 18.6. The van der Waals surface area contributed by atoms with Gasteiger partial charge in [0.25, 0.3) is 5.91 Å². The second-order valence-corrected chi connectivity index (χ2v) is 6.12. The van der Waals surface area contributed by atoms with E-state index in [0.29, 0.717) is 17.0 Å². The van der Waals surface area contributed by atoms with E-state index in [1.165, 1.54) is 0 Å². The highest BCUT2D eigenvalue weighted by Crippen LogP contribution is 2.25. The first kappa shape index (κ1) is 16.8. The van der Waals surface area contributed by atoms with Gasteiger partial charge in [-0.2, -0.15) is 0 Å². The summed E-state index contributed by atoms with van der Waals surface area (Å²) in [5, 5.41) is 4.03. The summed E-state index contributed by atoms with van der Waals surface area (Å²) < 4.78 is 5.27. The van der Waals surface area contributed by atoms with Gasteiger partial charge in [-0.25, -0.2) is 4.98 Å². The van der Waals surface area contributed by atoms with E-state index in [-0.39, 0.29) is 5.91 Å². The van der Waals surface area contributed by atoms with Crippen molar-refractivity contribution in [2.24, 2.45) is 0 Å². The Morgan fingerprint density at radius 2 is 1.70 bits per heavy atom. The van der Waals surface area contributed by atoms with E-state index in [4.69, 9.17) is 9.72 Å². The minimum Gasteiger partial charge on any atom is -0.496 e. The van der Waals surface area contributed by atoms with Gasteiger partial charge in [-0.3, -0.25) is 4.79 Å². The topological polar surface area (TPSA) is 51.2 Å². The number of hydrogen-bond acceptors (Lipinski definition) is 3. The van der Waals surface area contributed by atoms with E-state index >= 15 is 0 Å². The number of rotatable bonds is 4. The van der Waals surface area contributed by atoms with Gasteiger partial charge in [-0.1, -0.05) is 48.5 Å². The van der Waals surface area contributed by atoms with E-state index < -0.39 is 0 Å². The molecule has 27 heavy (non-hydrogen) atoms. The molecule has 0 bridgehead atoms. The van der Waals surface area contributed by atoms with Crippen molar-refractivity contribution in [3.63, 3.8) is 0 Å². The molecule has 3 aromatic carbocycles. The lowest BCUT2D eigenvalue weighted by atomic mass is 10.1. The number of aromatic nitrogens is 1. The molecule has 4 heteroatoms. The Hall–Kier alpha value is -3.66. The van der Waals surface area contributed by atoms with Crippen molar-refractivity contribution in [1.29, 1.82) is 0 Å². The summed E-state index contributed by atoms with van der Waals surface area (Å²) in [4.78, 5) is 17.3. The van der Waals surface area contributed by atoms with Crippen molar-refractivity contribution in [1.82, 2.24) is 4.98 Å². The lowest BCUT2D eigenvalue weighted by Gasteiger charge is -2.10. The first-order valence-electron chi connectivity index (χ1n) is 8.65. The summed E-state index contributed by atoms with van der Waals surface area (Å²) in [6.07, 6.45) is 0. The smallest absolute Gasteiger partial charge is 0.259 e. The Kier molecular flexibility index (Phi) is 4.54. The number of ether oxygens (including phenoxy) is 1. The molecule has 0 atom stereocenters. The molecule has 1 amide bonds. The standard InChI is InChI=1S/C23H18N2O2/c1-27-22-12-5-3-10-19(22)23(26)24-18-9-6-8-17(15-18)21-14-13-16-7-2-4-11-20(16)25-21/h2-15H,1H3,(H,24,26). The number of nitrogens with one attached hydrogen (secondary N) is 1. The van der Waals surface area contributed by atoms with E-state index in [1.54, 1.807) is 19.2 Å². The molecule has 4 aromatic rings. The molecule has 4 rings (SSSR count). The molecule has 0 aliphatic carbocycles. The molecular weight excluding hydrogens is 336 g/mol. The van der Waals surface area contributed by atoms with Crippen molar-refractivity contribution in [3.05, 3.63) is 90.5 Å². The number of carbonyl (C=O) groups excluding carboxylic acids is 1. The number of anilines is 1. The Morgan fingerprint density at radius 3 is 2.59 bits per heavy atom. The summed E-state index contributed by atoms with van der Waals surface area (Å²) in [5.74, 6) is 0.332. The number of pyridine rings is 1. The summed E-state index contributed by atoms with van der Waals surface area (Å²) in [7, 11) is 1.55. The molecule has 0 aliphatic rings. The van der Waals surface area contributed by atoms with Crippen LogP contribution in [0.15, 0.2) is 84.9 Å². The van der Waals surface area contributed by atoms with Crippen LogP contribution in [-0.2, 0) is 0 Å². The van der Waals surface area contributed by atoms with Crippen LogP contribution >= 0.6 is 0 Å². The fraction of sp³-hybridized carbons (Fsp3) is 0.0435. The third-order valence-corrected chi connectivity index (χ3v) is 4.37. The lowest BCUT2D eigenvalue weighted by Crippen LogP contribution is -2.13. The number of hydrogen-bond donors (Lipinski definition) is 1. The third kappa shape index (κ3) is 3.51. The Balaban J connectivity index is 1.63. The highest BCUT2D eigenvalue weighted by Gasteiger charge is 2.12. The number of nitrogens with zero attached hydrogens (tertiary/aromatic N) is 1. The number of para-hydroxylation sites is 2. The molecule has 0 saturated carbocycles. The summed E-state index contributed by atoms with van der Waals surface area (Å²) in [5.41, 5.74) is 3.95. The minimum absolute atomic E-state index is 0.212. The number of fused-ring (bicyclic) bond motifs is 1. The second kappa shape index (κ2) is 7.30. The van der Waals surface area contributed by atoms with Crippen LogP contribution in [0.25, 0.3) is 22.2 Å². The molecule has 1 aromatic heterocycles. The maximum atomic E-state index is 12.6. The van der Waals surface area contributed by atoms with Crippen molar-refractivity contribution in [2.45, 2.75) is 0 Å². The van der Waals surface area contributed by atoms with Crippen LogP contribution in [0.1, 0.15) is 10.4 Å². The summed E-state index contributed by atoms with van der Waals surface area (Å²) in [6, 6.07) is 26.9. The maximum Gasteiger partial charge on any atom is 0.259 e. The van der Waals surface area contributed by atoms with E-state index in [1.807, 2.05) is 66.7 Å². The van der Waals surface area contributed by atoms with Gasteiger partial charge < -0.3 is 10.1 Å². The number of methoxy groups -OCH3 is 1. The second-order valence-electron chi connectivity index (χ2n) is 6.12. The Bertz CT molecular complexity index is 1120. The summed E-state index contributed by atoms with van der Waals surface area (Å²) >= 11 is 0. The van der Waals surface area contributed by atoms with Crippen LogP contribution in [0.4, 0.5) is 5.69 Å². The van der Waals surface area contributed by atoms with Crippen molar-refractivity contribution < 1.29 is 9.53 Å². The van der Waals surface area contributed by atoms with Gasteiger partial charge in [0.15, 0.2) is 0 Å².